The molecule has 1 fully saturated rings. The molecule has 0 atom stereocenters. The maximum atomic E-state index is 13.1. The smallest absolute Gasteiger partial charge is 0.255 e. The van der Waals surface area contributed by atoms with E-state index < -0.39 is 0 Å². The highest BCUT2D eigenvalue weighted by molar-refractivity contribution is 6.05. The number of anilines is 3. The Morgan fingerprint density at radius 1 is 0.854 bits per heavy atom. The van der Waals surface area contributed by atoms with E-state index in [1.807, 2.05) is 73.7 Å². The average molecular weight is 547 g/mol. The fourth-order valence-electron chi connectivity index (χ4n) is 5.14. The van der Waals surface area contributed by atoms with Crippen LogP contribution in [-0.2, 0) is 6.54 Å². The number of hydrogen-bond acceptors (Lipinski definition) is 6. The van der Waals surface area contributed by atoms with E-state index in [0.29, 0.717) is 11.5 Å². The highest BCUT2D eigenvalue weighted by Crippen LogP contribution is 2.28. The molecule has 5 aromatic rings. The van der Waals surface area contributed by atoms with Gasteiger partial charge in [0.25, 0.3) is 5.91 Å². The number of amides is 1. The molecule has 210 valence electrons. The Balaban J connectivity index is 0.00000212. The summed E-state index contributed by atoms with van der Waals surface area (Å²) in [5, 5.41) is 7.43. The molecule has 0 aliphatic carbocycles. The van der Waals surface area contributed by atoms with Gasteiger partial charge in [-0.2, -0.15) is 0 Å². The molecule has 0 unspecified atom stereocenters. The third kappa shape index (κ3) is 6.27. The molecule has 1 aromatic heterocycles. The first-order valence-corrected chi connectivity index (χ1v) is 14.0. The molecule has 1 saturated heterocycles. The Kier molecular flexibility index (Phi) is 7.71. The van der Waals surface area contributed by atoms with Crippen molar-refractivity contribution in [3.8, 4) is 11.3 Å². The summed E-state index contributed by atoms with van der Waals surface area (Å²) in [4.78, 5) is 27.5. The molecule has 6 rings (SSSR count). The zero-order valence-electron chi connectivity index (χ0n) is 23.5. The van der Waals surface area contributed by atoms with Crippen molar-refractivity contribution in [2.45, 2.75) is 13.5 Å². The van der Waals surface area contributed by atoms with Crippen molar-refractivity contribution in [1.29, 1.82) is 0 Å². The second-order valence-corrected chi connectivity index (χ2v) is 10.7. The summed E-state index contributed by atoms with van der Waals surface area (Å²) in [5.74, 6) is 0.372. The number of benzene rings is 4. The molecule has 0 saturated carbocycles. The molecule has 1 aliphatic rings. The van der Waals surface area contributed by atoms with Crippen molar-refractivity contribution in [3.63, 3.8) is 0 Å². The highest BCUT2D eigenvalue weighted by Gasteiger charge is 2.15. The number of aromatic nitrogens is 2. The predicted molar refractivity (Wildman–Crippen MR) is 171 cm³/mol. The number of carbonyl (C=O) groups excluding carboxylic acids is 1. The van der Waals surface area contributed by atoms with Gasteiger partial charge in [-0.25, -0.2) is 9.97 Å². The van der Waals surface area contributed by atoms with Crippen molar-refractivity contribution in [2.75, 3.05) is 43.9 Å². The van der Waals surface area contributed by atoms with E-state index >= 15 is 0 Å². The Bertz CT molecular complexity index is 1670. The van der Waals surface area contributed by atoms with Crippen molar-refractivity contribution in [3.05, 3.63) is 114 Å². The minimum Gasteiger partial charge on any atom is -0.324 e. The lowest BCUT2D eigenvalue weighted by atomic mass is 10.1. The van der Waals surface area contributed by atoms with Crippen LogP contribution < -0.4 is 10.6 Å². The minimum absolute atomic E-state index is 0. The topological polar surface area (TPSA) is 73.4 Å². The lowest BCUT2D eigenvalue weighted by Crippen LogP contribution is -2.43. The molecule has 0 spiro atoms. The number of nitrogens with zero attached hydrogens (tertiary/aromatic N) is 4. The monoisotopic (exact) mass is 546 g/mol. The van der Waals surface area contributed by atoms with Gasteiger partial charge in [0.05, 0.1) is 11.2 Å². The Morgan fingerprint density at radius 2 is 1.59 bits per heavy atom. The summed E-state index contributed by atoms with van der Waals surface area (Å²) in [6.45, 7) is 7.20. The number of likely N-dealkylation sites (N-methyl/N-ethyl adjacent to an activating group) is 1. The Labute approximate surface area is 243 Å². The maximum Gasteiger partial charge on any atom is 0.255 e. The van der Waals surface area contributed by atoms with E-state index in [4.69, 9.17) is 9.97 Å². The van der Waals surface area contributed by atoms with Gasteiger partial charge in [-0.15, -0.1) is 0 Å². The van der Waals surface area contributed by atoms with Crippen LogP contribution in [0.5, 0.6) is 0 Å². The van der Waals surface area contributed by atoms with E-state index in [2.05, 4.69) is 57.8 Å². The van der Waals surface area contributed by atoms with Crippen molar-refractivity contribution in [2.24, 2.45) is 0 Å². The normalized spacial score (nSPS) is 14.2. The number of piperazine rings is 1. The van der Waals surface area contributed by atoms with Crippen LogP contribution in [0.2, 0.25) is 0 Å². The van der Waals surface area contributed by atoms with Gasteiger partial charge in [0.2, 0.25) is 5.95 Å². The van der Waals surface area contributed by atoms with Crippen molar-refractivity contribution < 1.29 is 7.65 Å². The first-order chi connectivity index (χ1) is 20.0. The number of aryl methyl sites for hydroxylation is 1. The average Bonchev–Trinajstić information content (AvgIpc) is 3.00. The van der Waals surface area contributed by atoms with Gasteiger partial charge in [0.1, 0.15) is 0 Å². The molecular formula is C34H38N6O. The van der Waals surface area contributed by atoms with Crippen LogP contribution in [-0.4, -0.2) is 58.9 Å². The van der Waals surface area contributed by atoms with Gasteiger partial charge in [0, 0.05) is 63.5 Å². The fraction of sp³-hybridized carbons (Fsp3) is 0.206. The van der Waals surface area contributed by atoms with Gasteiger partial charge in [-0.3, -0.25) is 9.69 Å². The minimum atomic E-state index is -0.135. The van der Waals surface area contributed by atoms with Crippen molar-refractivity contribution in [1.82, 2.24) is 19.8 Å². The summed E-state index contributed by atoms with van der Waals surface area (Å²) < 4.78 is 0. The van der Waals surface area contributed by atoms with Gasteiger partial charge in [0.15, 0.2) is 0 Å². The highest BCUT2D eigenvalue weighted by atomic mass is 16.1. The second-order valence-electron chi connectivity index (χ2n) is 10.7. The Hall–Kier alpha value is -4.59. The number of rotatable bonds is 7. The van der Waals surface area contributed by atoms with E-state index in [0.717, 1.165) is 71.8 Å². The molecule has 2 N–H and O–H groups in total. The molecule has 1 amide bonds. The lowest BCUT2D eigenvalue weighted by Gasteiger charge is -2.32. The number of nitrogens with one attached hydrogen (secondary N) is 2. The Morgan fingerprint density at radius 3 is 2.37 bits per heavy atom. The van der Waals surface area contributed by atoms with E-state index in [-0.39, 0.29) is 8.76 Å². The summed E-state index contributed by atoms with van der Waals surface area (Å²) >= 11 is 0. The number of hydrogen-bond donors (Lipinski definition) is 2. The molecule has 2 heterocycles. The third-order valence-electron chi connectivity index (χ3n) is 7.61. The number of para-hydroxylation sites is 1. The first kappa shape index (κ1) is 26.6. The van der Waals surface area contributed by atoms with Gasteiger partial charge in [-0.1, -0.05) is 60.7 Å². The summed E-state index contributed by atoms with van der Waals surface area (Å²) in [7, 11) is 2.17. The maximum absolute atomic E-state index is 13.1. The SMILES string of the molecule is Cc1ccc(CN2CCN(C)CC2)cc1NC(=O)c1ccc(Nc2nc(-c3ccccc3)c3ccccc3n2)cc1.[HH].[HH]. The first-order valence-electron chi connectivity index (χ1n) is 14.0. The van der Waals surface area contributed by atoms with E-state index in [1.165, 1.54) is 5.56 Å². The van der Waals surface area contributed by atoms with Gasteiger partial charge in [-0.05, 0) is 61.5 Å². The van der Waals surface area contributed by atoms with Crippen LogP contribution in [0.25, 0.3) is 22.2 Å². The van der Waals surface area contributed by atoms with E-state index in [1.54, 1.807) is 0 Å². The molecule has 0 radical (unpaired) electrons. The van der Waals surface area contributed by atoms with E-state index in [9.17, 15) is 4.79 Å². The van der Waals surface area contributed by atoms with Gasteiger partial charge < -0.3 is 15.5 Å². The largest absolute Gasteiger partial charge is 0.324 e. The fourth-order valence-corrected chi connectivity index (χ4v) is 5.14. The van der Waals surface area contributed by atoms with Crippen LogP contribution in [0.15, 0.2) is 97.1 Å². The zero-order chi connectivity index (χ0) is 28.2. The van der Waals surface area contributed by atoms with Crippen molar-refractivity contribution >= 4 is 34.1 Å². The van der Waals surface area contributed by atoms with Crippen LogP contribution >= 0.6 is 0 Å². The standard InChI is InChI=1S/C34H34N6O.2H2/c1-24-12-13-25(23-40-20-18-39(2)19-21-40)22-31(24)36-33(41)27-14-16-28(17-15-27)35-34-37-30-11-7-6-10-29(30)32(38-34)26-8-4-3-5-9-26;;/h3-17,22H,18-21,23H2,1-2H3,(H,36,41)(H,35,37,38);2*1H. The molecule has 7 heteroatoms. The number of fused-ring (bicyclic) bond motifs is 1. The summed E-state index contributed by atoms with van der Waals surface area (Å²) in [6, 6.07) is 31.9. The molecule has 7 nitrogen and oxygen atoms in total. The van der Waals surface area contributed by atoms with Crippen LogP contribution in [0.3, 0.4) is 0 Å². The zero-order valence-corrected chi connectivity index (χ0v) is 23.5. The predicted octanol–water partition coefficient (Wildman–Crippen LogP) is 6.84. The van der Waals surface area contributed by atoms with Gasteiger partial charge >= 0.3 is 0 Å². The molecule has 0 bridgehead atoms. The molecular weight excluding hydrogens is 508 g/mol. The lowest BCUT2D eigenvalue weighted by molar-refractivity contribution is 0.102. The third-order valence-corrected chi connectivity index (χ3v) is 7.61. The summed E-state index contributed by atoms with van der Waals surface area (Å²) in [6.07, 6.45) is 0. The second kappa shape index (κ2) is 11.9. The molecule has 41 heavy (non-hydrogen) atoms. The van der Waals surface area contributed by atoms with Crippen LogP contribution in [0.1, 0.15) is 24.3 Å². The molecule has 1 aliphatic heterocycles. The quantitative estimate of drug-likeness (QED) is 0.233. The summed E-state index contributed by atoms with van der Waals surface area (Å²) in [5.41, 5.74) is 7.27. The molecule has 4 aromatic carbocycles. The number of carbonyl (C=O) groups is 1. The van der Waals surface area contributed by atoms with Crippen LogP contribution in [0, 0.1) is 6.92 Å². The van der Waals surface area contributed by atoms with Crippen LogP contribution in [0.4, 0.5) is 17.3 Å².